The maximum absolute atomic E-state index is 11.7. The van der Waals surface area contributed by atoms with E-state index in [9.17, 15) is 4.79 Å². The molecule has 1 aliphatic rings. The van der Waals surface area contributed by atoms with Gasteiger partial charge in [-0.2, -0.15) is 0 Å². The number of anilines is 1. The van der Waals surface area contributed by atoms with Crippen molar-refractivity contribution in [3.63, 3.8) is 0 Å². The van der Waals surface area contributed by atoms with Gasteiger partial charge < -0.3 is 16.4 Å². The van der Waals surface area contributed by atoms with Gasteiger partial charge in [-0.25, -0.2) is 14.8 Å². The van der Waals surface area contributed by atoms with E-state index in [4.69, 9.17) is 11.5 Å². The number of urea groups is 1. The number of rotatable bonds is 5. The number of nitrogens with two attached hydrogens (primary N) is 2. The van der Waals surface area contributed by atoms with Crippen LogP contribution >= 0.6 is 0 Å². The van der Waals surface area contributed by atoms with Crippen LogP contribution in [-0.4, -0.2) is 26.9 Å². The van der Waals surface area contributed by atoms with Crippen molar-refractivity contribution in [2.45, 2.75) is 25.4 Å². The minimum Gasteiger partial charge on any atom is -0.368 e. The number of nitrogens with zero attached hydrogens (tertiary/aromatic N) is 3. The van der Waals surface area contributed by atoms with Gasteiger partial charge in [0.2, 0.25) is 5.95 Å². The summed E-state index contributed by atoms with van der Waals surface area (Å²) in [5.41, 5.74) is 16.2. The van der Waals surface area contributed by atoms with E-state index < -0.39 is 0 Å². The molecule has 6 heteroatoms. The highest BCUT2D eigenvalue weighted by Gasteiger charge is 2.31. The number of carbonyl (C=O) groups excluding carboxylic acids is 1. The smallest absolute Gasteiger partial charge is 0.315 e. The normalized spacial score (nSPS) is 13.3. The number of aromatic nitrogens is 2. The van der Waals surface area contributed by atoms with Gasteiger partial charge in [-0.05, 0) is 41.7 Å². The summed E-state index contributed by atoms with van der Waals surface area (Å²) in [4.78, 5) is 21.6. The van der Waals surface area contributed by atoms with Crippen LogP contribution in [0.1, 0.15) is 18.4 Å². The molecule has 1 saturated carbocycles. The van der Waals surface area contributed by atoms with Crippen molar-refractivity contribution in [3.05, 3.63) is 66.4 Å². The average molecular weight is 359 g/mol. The molecule has 0 atom stereocenters. The molecule has 27 heavy (non-hydrogen) atoms. The number of nitrogen functional groups attached to an aromatic ring is 1. The van der Waals surface area contributed by atoms with E-state index >= 15 is 0 Å². The Kier molecular flexibility index (Phi) is 4.46. The molecule has 1 aromatic heterocycles. The van der Waals surface area contributed by atoms with Crippen LogP contribution in [0, 0.1) is 0 Å². The summed E-state index contributed by atoms with van der Waals surface area (Å²) in [5.74, 6) is 0.263. The molecule has 3 aromatic rings. The van der Waals surface area contributed by atoms with Crippen LogP contribution in [-0.2, 0) is 6.54 Å². The predicted molar refractivity (Wildman–Crippen MR) is 105 cm³/mol. The minimum absolute atomic E-state index is 0.263. The monoisotopic (exact) mass is 359 g/mol. The first kappa shape index (κ1) is 17.0. The van der Waals surface area contributed by atoms with Gasteiger partial charge in [-0.3, -0.25) is 0 Å². The van der Waals surface area contributed by atoms with E-state index in [1.165, 1.54) is 0 Å². The van der Waals surface area contributed by atoms with E-state index in [0.717, 1.165) is 40.8 Å². The largest absolute Gasteiger partial charge is 0.368 e. The Morgan fingerprint density at radius 1 is 1.04 bits per heavy atom. The summed E-state index contributed by atoms with van der Waals surface area (Å²) in [7, 11) is 0. The highest BCUT2D eigenvalue weighted by Crippen LogP contribution is 2.29. The lowest BCUT2D eigenvalue weighted by Gasteiger charge is -2.20. The third-order valence-corrected chi connectivity index (χ3v) is 4.74. The van der Waals surface area contributed by atoms with Crippen molar-refractivity contribution in [2.75, 3.05) is 5.73 Å². The van der Waals surface area contributed by atoms with Gasteiger partial charge in [0.25, 0.3) is 0 Å². The molecule has 1 fully saturated rings. The lowest BCUT2D eigenvalue weighted by atomic mass is 10.0. The van der Waals surface area contributed by atoms with Gasteiger partial charge in [-0.1, -0.05) is 42.5 Å². The van der Waals surface area contributed by atoms with Gasteiger partial charge in [0.1, 0.15) is 0 Å². The number of hydrogen-bond acceptors (Lipinski definition) is 4. The highest BCUT2D eigenvalue weighted by molar-refractivity contribution is 5.73. The zero-order valence-corrected chi connectivity index (χ0v) is 14.9. The lowest BCUT2D eigenvalue weighted by Crippen LogP contribution is -2.36. The minimum atomic E-state index is -0.351. The zero-order chi connectivity index (χ0) is 18.8. The van der Waals surface area contributed by atoms with Crippen molar-refractivity contribution >= 4 is 12.0 Å². The Morgan fingerprint density at radius 2 is 1.78 bits per heavy atom. The topological polar surface area (TPSA) is 98.1 Å². The van der Waals surface area contributed by atoms with Crippen LogP contribution < -0.4 is 11.5 Å². The number of carbonyl (C=O) groups is 1. The second-order valence-corrected chi connectivity index (χ2v) is 6.78. The Balaban J connectivity index is 1.56. The molecular formula is C21H21N5O. The van der Waals surface area contributed by atoms with Crippen molar-refractivity contribution in [3.8, 4) is 22.4 Å². The first-order valence-corrected chi connectivity index (χ1v) is 8.94. The number of hydrogen-bond donors (Lipinski definition) is 2. The van der Waals surface area contributed by atoms with Crippen LogP contribution in [0.15, 0.2) is 60.8 Å². The SMILES string of the molecule is NC(=O)N(Cc1cccc(-c2ccc(-c3ccnc(N)n3)cc2)c1)C1CC1. The fourth-order valence-electron chi connectivity index (χ4n) is 3.19. The Morgan fingerprint density at radius 3 is 2.44 bits per heavy atom. The van der Waals surface area contributed by atoms with Crippen LogP contribution in [0.3, 0.4) is 0 Å². The fraction of sp³-hybridized carbons (Fsp3) is 0.190. The molecule has 1 aliphatic carbocycles. The van der Waals surface area contributed by atoms with E-state index in [-0.39, 0.29) is 12.0 Å². The molecule has 6 nitrogen and oxygen atoms in total. The van der Waals surface area contributed by atoms with Gasteiger partial charge in [-0.15, -0.1) is 0 Å². The third kappa shape index (κ3) is 3.89. The van der Waals surface area contributed by atoms with Crippen LogP contribution in [0.4, 0.5) is 10.7 Å². The van der Waals surface area contributed by atoms with Crippen LogP contribution in [0.2, 0.25) is 0 Å². The summed E-state index contributed by atoms with van der Waals surface area (Å²) >= 11 is 0. The molecule has 136 valence electrons. The molecule has 0 radical (unpaired) electrons. The molecule has 0 saturated heterocycles. The maximum atomic E-state index is 11.7. The van der Waals surface area contributed by atoms with E-state index in [2.05, 4.69) is 34.2 Å². The van der Waals surface area contributed by atoms with Crippen LogP contribution in [0.25, 0.3) is 22.4 Å². The molecule has 0 unspecified atom stereocenters. The van der Waals surface area contributed by atoms with Crippen molar-refractivity contribution in [1.82, 2.24) is 14.9 Å². The Labute approximate surface area is 157 Å². The molecule has 2 aromatic carbocycles. The molecular weight excluding hydrogens is 338 g/mol. The highest BCUT2D eigenvalue weighted by atomic mass is 16.2. The first-order chi connectivity index (χ1) is 13.1. The second kappa shape index (κ2) is 7.07. The molecule has 4 rings (SSSR count). The van der Waals surface area contributed by atoms with Gasteiger partial charge in [0.05, 0.1) is 5.69 Å². The number of amides is 2. The second-order valence-electron chi connectivity index (χ2n) is 6.78. The van der Waals surface area contributed by atoms with E-state index in [1.807, 2.05) is 30.3 Å². The summed E-state index contributed by atoms with van der Waals surface area (Å²) in [6.45, 7) is 0.548. The molecule has 0 spiro atoms. The van der Waals surface area contributed by atoms with Gasteiger partial charge in [0.15, 0.2) is 0 Å². The lowest BCUT2D eigenvalue weighted by molar-refractivity contribution is 0.202. The standard InChI is InChI=1S/C21H21N5O/c22-20-24-11-10-19(25-20)16-6-4-15(5-7-16)17-3-1-2-14(12-17)13-26(21(23)27)18-8-9-18/h1-7,10-12,18H,8-9,13H2,(H2,23,27)(H2,22,24,25). The van der Waals surface area contributed by atoms with Crippen molar-refractivity contribution in [1.29, 1.82) is 0 Å². The first-order valence-electron chi connectivity index (χ1n) is 8.94. The fourth-order valence-corrected chi connectivity index (χ4v) is 3.19. The Bertz CT molecular complexity index is 966. The summed E-state index contributed by atoms with van der Waals surface area (Å²) in [5, 5.41) is 0. The molecule has 2 amide bonds. The van der Waals surface area contributed by atoms with Crippen LogP contribution in [0.5, 0.6) is 0 Å². The average Bonchev–Trinajstić information content (AvgIpc) is 3.51. The maximum Gasteiger partial charge on any atom is 0.315 e. The van der Waals surface area contributed by atoms with Crippen molar-refractivity contribution in [2.24, 2.45) is 5.73 Å². The summed E-state index contributed by atoms with van der Waals surface area (Å²) in [6, 6.07) is 18.1. The third-order valence-electron chi connectivity index (χ3n) is 4.74. The molecule has 4 N–H and O–H groups in total. The molecule has 0 bridgehead atoms. The van der Waals surface area contributed by atoms with Gasteiger partial charge >= 0.3 is 6.03 Å². The summed E-state index contributed by atoms with van der Waals surface area (Å²) in [6.07, 6.45) is 3.73. The molecule has 1 heterocycles. The molecule has 0 aliphatic heterocycles. The zero-order valence-electron chi connectivity index (χ0n) is 14.9. The quantitative estimate of drug-likeness (QED) is 0.729. The van der Waals surface area contributed by atoms with E-state index in [1.54, 1.807) is 11.1 Å². The van der Waals surface area contributed by atoms with Gasteiger partial charge in [0, 0.05) is 24.3 Å². The Hall–Kier alpha value is -3.41. The predicted octanol–water partition coefficient (Wildman–Crippen LogP) is 3.44. The van der Waals surface area contributed by atoms with Crippen molar-refractivity contribution < 1.29 is 4.79 Å². The number of benzene rings is 2. The summed E-state index contributed by atoms with van der Waals surface area (Å²) < 4.78 is 0. The van der Waals surface area contributed by atoms with E-state index in [0.29, 0.717) is 12.6 Å². The number of primary amides is 1.